The molecular formula is C15H20ClN3O3. The fourth-order valence-corrected chi connectivity index (χ4v) is 2.77. The molecule has 7 heteroatoms. The highest BCUT2D eigenvalue weighted by molar-refractivity contribution is 6.30. The summed E-state index contributed by atoms with van der Waals surface area (Å²) in [5.74, 6) is 5.17. The lowest BCUT2D eigenvalue weighted by atomic mass is 9.97. The fourth-order valence-electron chi connectivity index (χ4n) is 2.54. The molecule has 0 aliphatic carbocycles. The number of hydrogen-bond donors (Lipinski definition) is 2. The summed E-state index contributed by atoms with van der Waals surface area (Å²) in [6.07, 6.45) is 1.52. The van der Waals surface area contributed by atoms with Crippen molar-refractivity contribution in [2.75, 3.05) is 19.7 Å². The molecule has 1 fully saturated rings. The number of carbonyl (C=O) groups is 2. The van der Waals surface area contributed by atoms with Crippen LogP contribution in [0.15, 0.2) is 18.2 Å². The number of piperidine rings is 1. The van der Waals surface area contributed by atoms with Crippen LogP contribution in [0.2, 0.25) is 5.02 Å². The minimum absolute atomic E-state index is 0.0561. The van der Waals surface area contributed by atoms with E-state index in [1.807, 2.05) is 6.92 Å². The molecule has 3 N–H and O–H groups in total. The SMILES string of the molecule is Cc1cc(Cl)ccc1OCC(=O)N1CCCC(C(=O)NN)C1. The Morgan fingerprint density at radius 2 is 2.27 bits per heavy atom. The quantitative estimate of drug-likeness (QED) is 0.496. The van der Waals surface area contributed by atoms with Gasteiger partial charge in [-0.1, -0.05) is 11.6 Å². The summed E-state index contributed by atoms with van der Waals surface area (Å²) in [7, 11) is 0. The van der Waals surface area contributed by atoms with Crippen molar-refractivity contribution in [2.24, 2.45) is 11.8 Å². The van der Waals surface area contributed by atoms with Gasteiger partial charge in [-0.2, -0.15) is 0 Å². The Morgan fingerprint density at radius 3 is 2.95 bits per heavy atom. The van der Waals surface area contributed by atoms with E-state index in [1.165, 1.54) is 0 Å². The molecule has 0 aromatic heterocycles. The van der Waals surface area contributed by atoms with Crippen molar-refractivity contribution in [1.82, 2.24) is 10.3 Å². The highest BCUT2D eigenvalue weighted by Crippen LogP contribution is 2.22. The number of rotatable bonds is 4. The first-order chi connectivity index (χ1) is 10.5. The van der Waals surface area contributed by atoms with Crippen LogP contribution in [0.3, 0.4) is 0 Å². The lowest BCUT2D eigenvalue weighted by molar-refractivity contribution is -0.137. The predicted octanol–water partition coefficient (Wildman–Crippen LogP) is 1.26. The van der Waals surface area contributed by atoms with Crippen molar-refractivity contribution < 1.29 is 14.3 Å². The van der Waals surface area contributed by atoms with E-state index in [9.17, 15) is 9.59 Å². The van der Waals surface area contributed by atoms with Crippen LogP contribution >= 0.6 is 11.6 Å². The third-order valence-electron chi connectivity index (χ3n) is 3.78. The van der Waals surface area contributed by atoms with E-state index in [0.717, 1.165) is 18.4 Å². The molecule has 0 saturated carbocycles. The Kier molecular flexibility index (Phi) is 5.63. The van der Waals surface area contributed by atoms with E-state index in [4.69, 9.17) is 22.2 Å². The zero-order valence-electron chi connectivity index (χ0n) is 12.5. The van der Waals surface area contributed by atoms with Crippen molar-refractivity contribution in [3.63, 3.8) is 0 Å². The van der Waals surface area contributed by atoms with E-state index >= 15 is 0 Å². The molecule has 2 rings (SSSR count). The molecule has 1 aliphatic rings. The van der Waals surface area contributed by atoms with Gasteiger partial charge in [0.1, 0.15) is 5.75 Å². The molecule has 1 aromatic rings. The van der Waals surface area contributed by atoms with Gasteiger partial charge in [-0.25, -0.2) is 5.84 Å². The van der Waals surface area contributed by atoms with Crippen LogP contribution in [0.1, 0.15) is 18.4 Å². The molecule has 1 aromatic carbocycles. The van der Waals surface area contributed by atoms with Gasteiger partial charge in [0.15, 0.2) is 6.61 Å². The molecule has 1 heterocycles. The Bertz CT molecular complexity index is 565. The van der Waals surface area contributed by atoms with E-state index in [0.29, 0.717) is 23.9 Å². The van der Waals surface area contributed by atoms with Crippen LogP contribution in [0, 0.1) is 12.8 Å². The lowest BCUT2D eigenvalue weighted by Gasteiger charge is -2.31. The molecule has 0 radical (unpaired) electrons. The molecule has 2 amide bonds. The van der Waals surface area contributed by atoms with Crippen LogP contribution in [0.5, 0.6) is 5.75 Å². The van der Waals surface area contributed by atoms with Gasteiger partial charge >= 0.3 is 0 Å². The van der Waals surface area contributed by atoms with Gasteiger partial charge in [0.25, 0.3) is 5.91 Å². The average molecular weight is 326 g/mol. The second-order valence-corrected chi connectivity index (χ2v) is 5.82. The number of carbonyl (C=O) groups excluding carboxylic acids is 2. The third kappa shape index (κ3) is 4.11. The van der Waals surface area contributed by atoms with Gasteiger partial charge in [0, 0.05) is 18.1 Å². The standard InChI is InChI=1S/C15H20ClN3O3/c1-10-7-12(16)4-5-13(10)22-9-14(20)19-6-2-3-11(8-19)15(21)18-17/h4-5,7,11H,2-3,6,8-9,17H2,1H3,(H,18,21). The molecule has 1 unspecified atom stereocenters. The number of hydrogen-bond acceptors (Lipinski definition) is 4. The highest BCUT2D eigenvalue weighted by Gasteiger charge is 2.28. The first-order valence-corrected chi connectivity index (χ1v) is 7.56. The second kappa shape index (κ2) is 7.47. The predicted molar refractivity (Wildman–Crippen MR) is 83.3 cm³/mol. The highest BCUT2D eigenvalue weighted by atomic mass is 35.5. The monoisotopic (exact) mass is 325 g/mol. The number of nitrogens with one attached hydrogen (secondary N) is 1. The Labute approximate surface area is 134 Å². The number of nitrogens with two attached hydrogens (primary N) is 1. The first-order valence-electron chi connectivity index (χ1n) is 7.18. The van der Waals surface area contributed by atoms with Crippen molar-refractivity contribution in [1.29, 1.82) is 0 Å². The summed E-state index contributed by atoms with van der Waals surface area (Å²) >= 11 is 5.88. The number of nitrogens with zero attached hydrogens (tertiary/aromatic N) is 1. The molecule has 22 heavy (non-hydrogen) atoms. The van der Waals surface area contributed by atoms with Gasteiger partial charge in [-0.15, -0.1) is 0 Å². The average Bonchev–Trinajstić information content (AvgIpc) is 2.53. The van der Waals surface area contributed by atoms with E-state index < -0.39 is 0 Å². The molecule has 0 spiro atoms. The zero-order chi connectivity index (χ0) is 16.1. The number of hydrazine groups is 1. The topological polar surface area (TPSA) is 84.7 Å². The molecular weight excluding hydrogens is 306 g/mol. The summed E-state index contributed by atoms with van der Waals surface area (Å²) in [6.45, 7) is 2.83. The smallest absolute Gasteiger partial charge is 0.260 e. The Balaban J connectivity index is 1.90. The molecule has 1 saturated heterocycles. The van der Waals surface area contributed by atoms with E-state index in [-0.39, 0.29) is 24.3 Å². The van der Waals surface area contributed by atoms with Gasteiger partial charge < -0.3 is 9.64 Å². The summed E-state index contributed by atoms with van der Waals surface area (Å²) in [4.78, 5) is 25.4. The van der Waals surface area contributed by atoms with Crippen molar-refractivity contribution in [2.45, 2.75) is 19.8 Å². The van der Waals surface area contributed by atoms with Crippen molar-refractivity contribution >= 4 is 23.4 Å². The number of likely N-dealkylation sites (tertiary alicyclic amines) is 1. The summed E-state index contributed by atoms with van der Waals surface area (Å²) < 4.78 is 5.55. The van der Waals surface area contributed by atoms with Gasteiger partial charge in [-0.3, -0.25) is 15.0 Å². The second-order valence-electron chi connectivity index (χ2n) is 5.39. The van der Waals surface area contributed by atoms with Gasteiger partial charge in [0.05, 0.1) is 5.92 Å². The molecule has 1 atom stereocenters. The molecule has 6 nitrogen and oxygen atoms in total. The lowest BCUT2D eigenvalue weighted by Crippen LogP contribution is -2.48. The van der Waals surface area contributed by atoms with Gasteiger partial charge in [0.2, 0.25) is 5.91 Å². The first kappa shape index (κ1) is 16.6. The Hall–Kier alpha value is -1.79. The van der Waals surface area contributed by atoms with Crippen LogP contribution in [-0.4, -0.2) is 36.4 Å². The number of ether oxygens (including phenoxy) is 1. The maximum atomic E-state index is 12.2. The molecule has 0 bridgehead atoms. The normalized spacial score (nSPS) is 18.0. The number of benzene rings is 1. The zero-order valence-corrected chi connectivity index (χ0v) is 13.2. The van der Waals surface area contributed by atoms with Crippen molar-refractivity contribution in [3.05, 3.63) is 28.8 Å². The van der Waals surface area contributed by atoms with E-state index in [2.05, 4.69) is 5.43 Å². The van der Waals surface area contributed by atoms with Gasteiger partial charge in [-0.05, 0) is 43.5 Å². The maximum Gasteiger partial charge on any atom is 0.260 e. The minimum Gasteiger partial charge on any atom is -0.483 e. The molecule has 1 aliphatic heterocycles. The summed E-state index contributed by atoms with van der Waals surface area (Å²) in [5.41, 5.74) is 3.02. The summed E-state index contributed by atoms with van der Waals surface area (Å²) in [6, 6.07) is 5.24. The minimum atomic E-state index is -0.250. The van der Waals surface area contributed by atoms with Crippen LogP contribution in [0.4, 0.5) is 0 Å². The van der Waals surface area contributed by atoms with Crippen LogP contribution in [-0.2, 0) is 9.59 Å². The third-order valence-corrected chi connectivity index (χ3v) is 4.01. The van der Waals surface area contributed by atoms with Crippen LogP contribution < -0.4 is 16.0 Å². The maximum absolute atomic E-state index is 12.2. The van der Waals surface area contributed by atoms with Crippen molar-refractivity contribution in [3.8, 4) is 5.75 Å². The largest absolute Gasteiger partial charge is 0.483 e. The Morgan fingerprint density at radius 1 is 1.50 bits per heavy atom. The summed E-state index contributed by atoms with van der Waals surface area (Å²) in [5, 5.41) is 0.628. The van der Waals surface area contributed by atoms with Crippen LogP contribution in [0.25, 0.3) is 0 Å². The number of amides is 2. The number of aryl methyl sites for hydroxylation is 1. The fraction of sp³-hybridized carbons (Fsp3) is 0.467. The van der Waals surface area contributed by atoms with E-state index in [1.54, 1.807) is 23.1 Å². The molecule has 120 valence electrons. The number of halogens is 1.